The Labute approximate surface area is 157 Å². The Kier molecular flexibility index (Phi) is 8.27. The van der Waals surface area contributed by atoms with E-state index in [4.69, 9.17) is 14.2 Å². The van der Waals surface area contributed by atoms with Gasteiger partial charge in [0.2, 0.25) is 0 Å². The molecule has 0 aliphatic carbocycles. The lowest BCUT2D eigenvalue weighted by Gasteiger charge is -2.20. The van der Waals surface area contributed by atoms with E-state index in [2.05, 4.69) is 15.9 Å². The SMILES string of the molecule is COCCOC/C(=C\S(=O)(=O)c1ccc(Br)cc1)C(=O)OC(C)(C)C. The fraction of sp³-hybridized carbons (Fsp3) is 0.471. The van der Waals surface area contributed by atoms with E-state index in [9.17, 15) is 13.2 Å². The quantitative estimate of drug-likeness (QED) is 0.355. The van der Waals surface area contributed by atoms with Gasteiger partial charge in [-0.25, -0.2) is 13.2 Å². The molecule has 0 saturated carbocycles. The van der Waals surface area contributed by atoms with E-state index in [-0.39, 0.29) is 23.7 Å². The number of sulfone groups is 1. The lowest BCUT2D eigenvalue weighted by Crippen LogP contribution is -2.26. The number of ether oxygens (including phenoxy) is 3. The molecule has 0 heterocycles. The van der Waals surface area contributed by atoms with Gasteiger partial charge in [0.1, 0.15) is 5.60 Å². The number of carbonyl (C=O) groups is 1. The molecule has 0 unspecified atom stereocenters. The summed E-state index contributed by atoms with van der Waals surface area (Å²) in [7, 11) is -2.29. The first-order valence-electron chi connectivity index (χ1n) is 7.56. The maximum atomic E-state index is 12.5. The number of hydrogen-bond donors (Lipinski definition) is 0. The highest BCUT2D eigenvalue weighted by Gasteiger charge is 2.23. The summed E-state index contributed by atoms with van der Waals surface area (Å²) < 4.78 is 41.3. The third-order valence-corrected chi connectivity index (χ3v) is 4.84. The van der Waals surface area contributed by atoms with Gasteiger partial charge in [-0.05, 0) is 45.0 Å². The second-order valence-electron chi connectivity index (χ2n) is 6.19. The molecule has 6 nitrogen and oxygen atoms in total. The second-order valence-corrected chi connectivity index (χ2v) is 8.90. The molecule has 0 N–H and O–H groups in total. The van der Waals surface area contributed by atoms with Crippen molar-refractivity contribution >= 4 is 31.7 Å². The largest absolute Gasteiger partial charge is 0.457 e. The number of hydrogen-bond acceptors (Lipinski definition) is 6. The molecule has 0 fully saturated rings. The van der Waals surface area contributed by atoms with Gasteiger partial charge in [0.05, 0.1) is 30.3 Å². The lowest BCUT2D eigenvalue weighted by molar-refractivity contribution is -0.150. The molecule has 8 heteroatoms. The molecule has 1 aromatic carbocycles. The van der Waals surface area contributed by atoms with Crippen LogP contribution in [-0.4, -0.2) is 46.9 Å². The Balaban J connectivity index is 3.08. The van der Waals surface area contributed by atoms with Crippen molar-refractivity contribution in [1.29, 1.82) is 0 Å². The average Bonchev–Trinajstić information content (AvgIpc) is 2.49. The summed E-state index contributed by atoms with van der Waals surface area (Å²) in [5.41, 5.74) is -0.821. The smallest absolute Gasteiger partial charge is 0.337 e. The first kappa shape index (κ1) is 21.8. The van der Waals surface area contributed by atoms with Gasteiger partial charge < -0.3 is 14.2 Å². The van der Waals surface area contributed by atoms with Crippen LogP contribution in [0.15, 0.2) is 44.6 Å². The van der Waals surface area contributed by atoms with Gasteiger partial charge in [0.25, 0.3) is 0 Å². The van der Waals surface area contributed by atoms with E-state index < -0.39 is 21.4 Å². The molecule has 0 aliphatic rings. The summed E-state index contributed by atoms with van der Waals surface area (Å²) in [6.07, 6.45) is 0. The molecule has 0 amide bonds. The molecule has 1 rings (SSSR count). The van der Waals surface area contributed by atoms with Crippen molar-refractivity contribution in [1.82, 2.24) is 0 Å². The summed E-state index contributed by atoms with van der Waals surface area (Å²) >= 11 is 3.25. The van der Waals surface area contributed by atoms with Crippen molar-refractivity contribution in [3.63, 3.8) is 0 Å². The third kappa shape index (κ3) is 8.13. The maximum absolute atomic E-state index is 12.5. The van der Waals surface area contributed by atoms with Gasteiger partial charge in [-0.1, -0.05) is 15.9 Å². The Morgan fingerprint density at radius 3 is 2.28 bits per heavy atom. The molecule has 0 atom stereocenters. The average molecular weight is 435 g/mol. The van der Waals surface area contributed by atoms with E-state index in [0.29, 0.717) is 6.61 Å². The molecule has 0 spiro atoms. The maximum Gasteiger partial charge on any atom is 0.337 e. The van der Waals surface area contributed by atoms with E-state index in [1.165, 1.54) is 19.2 Å². The minimum Gasteiger partial charge on any atom is -0.457 e. The van der Waals surface area contributed by atoms with Gasteiger partial charge in [-0.15, -0.1) is 0 Å². The first-order chi connectivity index (χ1) is 11.5. The fourth-order valence-corrected chi connectivity index (χ4v) is 3.14. The highest BCUT2D eigenvalue weighted by Crippen LogP contribution is 2.19. The summed E-state index contributed by atoms with van der Waals surface area (Å²) in [5, 5.41) is 0.900. The zero-order chi connectivity index (χ0) is 19.1. The van der Waals surface area contributed by atoms with E-state index >= 15 is 0 Å². The second kappa shape index (κ2) is 9.47. The number of benzene rings is 1. The van der Waals surface area contributed by atoms with E-state index in [1.807, 2.05) is 0 Å². The van der Waals surface area contributed by atoms with Crippen molar-refractivity contribution in [2.75, 3.05) is 26.9 Å². The van der Waals surface area contributed by atoms with Crippen LogP contribution in [0.3, 0.4) is 0 Å². The molecule has 0 aromatic heterocycles. The van der Waals surface area contributed by atoms with Gasteiger partial charge in [-0.2, -0.15) is 0 Å². The van der Waals surface area contributed by atoms with Crippen LogP contribution >= 0.6 is 15.9 Å². The van der Waals surface area contributed by atoms with Crippen LogP contribution in [0.5, 0.6) is 0 Å². The molecular formula is C17H23BrO6S. The van der Waals surface area contributed by atoms with E-state index in [0.717, 1.165) is 9.88 Å². The highest BCUT2D eigenvalue weighted by molar-refractivity contribution is 9.10. The molecule has 1 aromatic rings. The predicted molar refractivity (Wildman–Crippen MR) is 98.0 cm³/mol. The van der Waals surface area contributed by atoms with Crippen LogP contribution < -0.4 is 0 Å². The molecule has 0 aliphatic heterocycles. The summed E-state index contributed by atoms with van der Waals surface area (Å²) in [5.74, 6) is -0.731. The first-order valence-corrected chi connectivity index (χ1v) is 9.90. The summed E-state index contributed by atoms with van der Waals surface area (Å²) in [6, 6.07) is 6.13. The Hall–Kier alpha value is -1.22. The number of halogens is 1. The lowest BCUT2D eigenvalue weighted by atomic mass is 10.2. The standard InChI is InChI=1S/C17H23BrO6S/c1-17(2,3)24-16(19)13(11-23-10-9-22-4)12-25(20,21)15-7-5-14(18)6-8-15/h5-8,12H,9-11H2,1-4H3/b13-12+. The number of rotatable bonds is 8. The summed E-state index contributed by atoms with van der Waals surface area (Å²) in [6.45, 7) is 5.50. The van der Waals surface area contributed by atoms with Crippen molar-refractivity contribution in [3.05, 3.63) is 39.7 Å². The summed E-state index contributed by atoms with van der Waals surface area (Å²) in [4.78, 5) is 12.4. The van der Waals surface area contributed by atoms with Crippen LogP contribution in [0, 0.1) is 0 Å². The Morgan fingerprint density at radius 1 is 1.16 bits per heavy atom. The number of esters is 1. The number of carbonyl (C=O) groups excluding carboxylic acids is 1. The minimum atomic E-state index is -3.81. The van der Waals surface area contributed by atoms with Gasteiger partial charge in [0, 0.05) is 17.0 Å². The van der Waals surface area contributed by atoms with Gasteiger partial charge >= 0.3 is 5.97 Å². The van der Waals surface area contributed by atoms with Crippen LogP contribution in [0.4, 0.5) is 0 Å². The van der Waals surface area contributed by atoms with Crippen molar-refractivity contribution in [3.8, 4) is 0 Å². The third-order valence-electron chi connectivity index (χ3n) is 2.79. The predicted octanol–water partition coefficient (Wildman–Crippen LogP) is 3.11. The van der Waals surface area contributed by atoms with Gasteiger partial charge in [0.15, 0.2) is 9.84 Å². The van der Waals surface area contributed by atoms with Crippen molar-refractivity contribution in [2.24, 2.45) is 0 Å². The van der Waals surface area contributed by atoms with Crippen LogP contribution in [0.25, 0.3) is 0 Å². The molecule has 0 bridgehead atoms. The van der Waals surface area contributed by atoms with Crippen LogP contribution in [0.2, 0.25) is 0 Å². The van der Waals surface area contributed by atoms with Gasteiger partial charge in [-0.3, -0.25) is 0 Å². The van der Waals surface area contributed by atoms with E-state index in [1.54, 1.807) is 32.9 Å². The van der Waals surface area contributed by atoms with Crippen molar-refractivity contribution < 1.29 is 27.4 Å². The Bertz CT molecular complexity index is 702. The zero-order valence-corrected chi connectivity index (χ0v) is 17.1. The zero-order valence-electron chi connectivity index (χ0n) is 14.7. The van der Waals surface area contributed by atoms with Crippen LogP contribution in [0.1, 0.15) is 20.8 Å². The molecule has 0 saturated heterocycles. The normalized spacial score (nSPS) is 12.9. The minimum absolute atomic E-state index is 0.0750. The van der Waals surface area contributed by atoms with Crippen molar-refractivity contribution in [2.45, 2.75) is 31.3 Å². The molecular weight excluding hydrogens is 412 g/mol. The topological polar surface area (TPSA) is 78.9 Å². The fourth-order valence-electron chi connectivity index (χ4n) is 1.69. The highest BCUT2D eigenvalue weighted by atomic mass is 79.9. The molecule has 0 radical (unpaired) electrons. The van der Waals surface area contributed by atoms with Crippen LogP contribution in [-0.2, 0) is 28.8 Å². The monoisotopic (exact) mass is 434 g/mol. The molecule has 25 heavy (non-hydrogen) atoms. The number of methoxy groups -OCH3 is 1. The Morgan fingerprint density at radius 2 is 1.76 bits per heavy atom. The molecule has 140 valence electrons.